The van der Waals surface area contributed by atoms with Crippen molar-refractivity contribution in [3.05, 3.63) is 29.1 Å². The van der Waals surface area contributed by atoms with Crippen LogP contribution in [-0.2, 0) is 6.42 Å². The molecule has 0 unspecified atom stereocenters. The van der Waals surface area contributed by atoms with Crippen LogP contribution in [0, 0.1) is 5.82 Å². The summed E-state index contributed by atoms with van der Waals surface area (Å²) in [7, 11) is 0. The van der Waals surface area contributed by atoms with E-state index in [0.29, 0.717) is 17.9 Å². The second kappa shape index (κ2) is 4.82. The molecule has 0 radical (unpaired) electrons. The number of urea groups is 1. The topological polar surface area (TPSA) is 76.7 Å². The van der Waals surface area contributed by atoms with Gasteiger partial charge in [0.15, 0.2) is 0 Å². The van der Waals surface area contributed by atoms with Gasteiger partial charge in [-0.15, -0.1) is 0 Å². The molecule has 1 aliphatic heterocycles. The number of fused-ring (bicyclic) bond motifs is 1. The molecule has 0 aromatic heterocycles. The predicted molar refractivity (Wildman–Crippen MR) is 60.5 cm³/mol. The highest BCUT2D eigenvalue weighted by atomic mass is 19.1. The number of aryl methyl sites for hydroxylation is 1. The van der Waals surface area contributed by atoms with Gasteiger partial charge in [0.1, 0.15) is 11.6 Å². The summed E-state index contributed by atoms with van der Waals surface area (Å²) in [4.78, 5) is 10.4. The quantitative estimate of drug-likeness (QED) is 0.598. The number of primary amides is 1. The van der Waals surface area contributed by atoms with Gasteiger partial charge in [0, 0.05) is 5.56 Å². The molecule has 90 valence electrons. The molecule has 0 saturated carbocycles. The van der Waals surface area contributed by atoms with Crippen LogP contribution in [0.1, 0.15) is 17.5 Å². The molecule has 0 atom stereocenters. The van der Waals surface area contributed by atoms with Gasteiger partial charge >= 0.3 is 6.03 Å². The van der Waals surface area contributed by atoms with Gasteiger partial charge in [-0.25, -0.2) is 14.6 Å². The van der Waals surface area contributed by atoms with Crippen molar-refractivity contribution in [3.8, 4) is 5.75 Å². The van der Waals surface area contributed by atoms with E-state index >= 15 is 0 Å². The number of ether oxygens (including phenoxy) is 1. The van der Waals surface area contributed by atoms with Crippen molar-refractivity contribution in [1.29, 1.82) is 0 Å². The molecule has 0 fully saturated rings. The molecule has 2 rings (SSSR count). The monoisotopic (exact) mass is 237 g/mol. The molecule has 6 heteroatoms. The molecule has 0 aliphatic carbocycles. The van der Waals surface area contributed by atoms with Crippen LogP contribution in [-0.4, -0.2) is 18.9 Å². The van der Waals surface area contributed by atoms with Crippen molar-refractivity contribution in [1.82, 2.24) is 5.43 Å². The van der Waals surface area contributed by atoms with Crippen LogP contribution >= 0.6 is 0 Å². The van der Waals surface area contributed by atoms with E-state index in [2.05, 4.69) is 10.5 Å². The Morgan fingerprint density at radius 2 is 2.41 bits per heavy atom. The van der Waals surface area contributed by atoms with E-state index in [4.69, 9.17) is 10.5 Å². The van der Waals surface area contributed by atoms with E-state index in [1.807, 2.05) is 0 Å². The number of nitrogens with zero attached hydrogens (tertiary/aromatic N) is 1. The Morgan fingerprint density at radius 3 is 3.18 bits per heavy atom. The molecule has 5 nitrogen and oxygen atoms in total. The maximum atomic E-state index is 13.3. The van der Waals surface area contributed by atoms with Gasteiger partial charge in [0.25, 0.3) is 0 Å². The minimum absolute atomic E-state index is 0.352. The molecule has 1 heterocycles. The Morgan fingerprint density at radius 1 is 1.59 bits per heavy atom. The summed E-state index contributed by atoms with van der Waals surface area (Å²) in [5.41, 5.74) is 8.22. The highest BCUT2D eigenvalue weighted by Crippen LogP contribution is 2.28. The lowest BCUT2D eigenvalue weighted by Gasteiger charge is -2.19. The molecule has 2 amide bonds. The van der Waals surface area contributed by atoms with Crippen LogP contribution in [0.2, 0.25) is 0 Å². The van der Waals surface area contributed by atoms with Gasteiger partial charge in [-0.3, -0.25) is 0 Å². The third-order valence-electron chi connectivity index (χ3n) is 2.37. The molecule has 0 saturated heterocycles. The maximum absolute atomic E-state index is 13.3. The molecule has 3 N–H and O–H groups in total. The fraction of sp³-hybridized carbons (Fsp3) is 0.273. The van der Waals surface area contributed by atoms with Crippen LogP contribution in [0.3, 0.4) is 0 Å². The first kappa shape index (κ1) is 11.4. The average molecular weight is 237 g/mol. The number of hydrogen-bond donors (Lipinski definition) is 2. The van der Waals surface area contributed by atoms with Gasteiger partial charge in [0.05, 0.1) is 12.8 Å². The van der Waals surface area contributed by atoms with Crippen LogP contribution in [0.25, 0.3) is 0 Å². The molecule has 1 aromatic carbocycles. The van der Waals surface area contributed by atoms with Gasteiger partial charge in [-0.2, -0.15) is 5.10 Å². The van der Waals surface area contributed by atoms with Crippen molar-refractivity contribution in [2.45, 2.75) is 12.8 Å². The van der Waals surface area contributed by atoms with E-state index in [1.165, 1.54) is 18.3 Å². The van der Waals surface area contributed by atoms with E-state index < -0.39 is 6.03 Å². The Balaban J connectivity index is 2.29. The minimum Gasteiger partial charge on any atom is -0.493 e. The summed E-state index contributed by atoms with van der Waals surface area (Å²) in [6.07, 6.45) is 2.96. The lowest BCUT2D eigenvalue weighted by Crippen LogP contribution is -2.24. The highest BCUT2D eigenvalue weighted by Gasteiger charge is 2.15. The molecule has 1 aromatic rings. The summed E-state index contributed by atoms with van der Waals surface area (Å²) in [5.74, 6) is 0.266. The van der Waals surface area contributed by atoms with E-state index in [0.717, 1.165) is 18.4 Å². The molecule has 0 spiro atoms. The Kier molecular flexibility index (Phi) is 3.22. The lowest BCUT2D eigenvalue weighted by atomic mass is 10.0. The number of hydrazone groups is 1. The van der Waals surface area contributed by atoms with Crippen molar-refractivity contribution < 1.29 is 13.9 Å². The number of rotatable bonds is 2. The molecule has 1 aliphatic rings. The van der Waals surface area contributed by atoms with Crippen LogP contribution in [0.15, 0.2) is 17.2 Å². The Hall–Kier alpha value is -2.11. The SMILES string of the molecule is NC(=O)NN=Cc1cc(F)cc2c1OCCC2. The summed E-state index contributed by atoms with van der Waals surface area (Å²) >= 11 is 0. The molecular weight excluding hydrogens is 225 g/mol. The lowest BCUT2D eigenvalue weighted by molar-refractivity contribution is 0.249. The number of benzene rings is 1. The smallest absolute Gasteiger partial charge is 0.332 e. The number of nitrogens with two attached hydrogens (primary N) is 1. The fourth-order valence-electron chi connectivity index (χ4n) is 1.73. The van der Waals surface area contributed by atoms with Crippen LogP contribution in [0.5, 0.6) is 5.75 Å². The number of nitrogens with one attached hydrogen (secondary N) is 1. The molecular formula is C11H12FN3O2. The maximum Gasteiger partial charge on any atom is 0.332 e. The van der Waals surface area contributed by atoms with Gasteiger partial charge < -0.3 is 10.5 Å². The zero-order valence-corrected chi connectivity index (χ0v) is 9.07. The fourth-order valence-corrected chi connectivity index (χ4v) is 1.73. The summed E-state index contributed by atoms with van der Waals surface area (Å²) < 4.78 is 18.8. The average Bonchev–Trinajstić information content (AvgIpc) is 2.28. The molecule has 0 bridgehead atoms. The number of carbonyl (C=O) groups is 1. The van der Waals surface area contributed by atoms with Crippen molar-refractivity contribution >= 4 is 12.2 Å². The Bertz CT molecular complexity index is 474. The zero-order valence-electron chi connectivity index (χ0n) is 9.07. The second-order valence-corrected chi connectivity index (χ2v) is 3.67. The van der Waals surface area contributed by atoms with Gasteiger partial charge in [-0.05, 0) is 30.5 Å². The number of halogens is 1. The van der Waals surface area contributed by atoms with Crippen LogP contribution in [0.4, 0.5) is 9.18 Å². The summed E-state index contributed by atoms with van der Waals surface area (Å²) in [5, 5.41) is 3.59. The first-order valence-corrected chi connectivity index (χ1v) is 5.20. The Labute approximate surface area is 97.4 Å². The second-order valence-electron chi connectivity index (χ2n) is 3.67. The van der Waals surface area contributed by atoms with E-state index in [1.54, 1.807) is 0 Å². The summed E-state index contributed by atoms with van der Waals surface area (Å²) in [6, 6.07) is 1.98. The third kappa shape index (κ3) is 2.72. The number of amides is 2. The van der Waals surface area contributed by atoms with Gasteiger partial charge in [-0.1, -0.05) is 0 Å². The zero-order chi connectivity index (χ0) is 12.3. The number of hydrogen-bond acceptors (Lipinski definition) is 3. The normalized spacial score (nSPS) is 14.2. The van der Waals surface area contributed by atoms with Crippen LogP contribution < -0.4 is 15.9 Å². The minimum atomic E-state index is -0.771. The van der Waals surface area contributed by atoms with Gasteiger partial charge in [0.2, 0.25) is 0 Å². The standard InChI is InChI=1S/C11H12FN3O2/c12-9-4-7-2-1-3-17-10(7)8(5-9)6-14-15-11(13)16/h4-6H,1-3H2,(H3,13,15,16). The van der Waals surface area contributed by atoms with Crippen molar-refractivity contribution in [2.75, 3.05) is 6.61 Å². The number of carbonyl (C=O) groups excluding carboxylic acids is 1. The first-order valence-electron chi connectivity index (χ1n) is 5.20. The first-order chi connectivity index (χ1) is 8.16. The van der Waals surface area contributed by atoms with E-state index in [-0.39, 0.29) is 5.82 Å². The van der Waals surface area contributed by atoms with Crippen molar-refractivity contribution in [2.24, 2.45) is 10.8 Å². The largest absolute Gasteiger partial charge is 0.493 e. The highest BCUT2D eigenvalue weighted by molar-refractivity contribution is 5.85. The predicted octanol–water partition coefficient (Wildman–Crippen LogP) is 1.15. The molecule has 17 heavy (non-hydrogen) atoms. The third-order valence-corrected chi connectivity index (χ3v) is 2.37. The van der Waals surface area contributed by atoms with E-state index in [9.17, 15) is 9.18 Å². The van der Waals surface area contributed by atoms with Crippen molar-refractivity contribution in [3.63, 3.8) is 0 Å². The summed E-state index contributed by atoms with van der Waals surface area (Å²) in [6.45, 7) is 0.600.